The van der Waals surface area contributed by atoms with Crippen LogP contribution in [0.3, 0.4) is 0 Å². The summed E-state index contributed by atoms with van der Waals surface area (Å²) in [5.74, 6) is 0. The van der Waals surface area contributed by atoms with E-state index in [-0.39, 0.29) is 56.7 Å². The maximum Gasteiger partial charge on any atom is 3.00 e. The standard InChI is InChI=1S/2C18H15P.3ClH.HNO.Ru/c2*1-4-10-16(11-5-1)19(17-12-6-2-7-13-17)18-14-8-3-9-15-18;;;;1-2;/h2*1-15H;3*1H;1H;/q;;;;;;+3/p-3. The van der Waals surface area contributed by atoms with Gasteiger partial charge in [0.05, 0.1) is 0 Å². The van der Waals surface area contributed by atoms with Gasteiger partial charge < -0.3 is 37.2 Å². The molecule has 0 spiro atoms. The number of nitroso groups, excluding NO2 is 1. The number of hydrogen-bond acceptors (Lipinski definition) is 2. The summed E-state index contributed by atoms with van der Waals surface area (Å²) < 4.78 is 0. The molecule has 0 bridgehead atoms. The van der Waals surface area contributed by atoms with E-state index in [0.29, 0.717) is 0 Å². The second-order valence-electron chi connectivity index (χ2n) is 8.68. The van der Waals surface area contributed by atoms with Crippen LogP contribution in [0.4, 0.5) is 0 Å². The molecule has 0 atom stereocenters. The molecule has 6 rings (SSSR count). The van der Waals surface area contributed by atoms with E-state index >= 15 is 0 Å². The van der Waals surface area contributed by atoms with E-state index in [9.17, 15) is 0 Å². The van der Waals surface area contributed by atoms with Crippen molar-refractivity contribution >= 4 is 47.7 Å². The minimum Gasteiger partial charge on any atom is -1.00 e. The summed E-state index contributed by atoms with van der Waals surface area (Å²) >= 11 is 0. The minimum absolute atomic E-state index is 0. The van der Waals surface area contributed by atoms with Crippen LogP contribution in [-0.2, 0) is 19.5 Å². The molecule has 0 aliphatic carbocycles. The van der Waals surface area contributed by atoms with E-state index in [2.05, 4.69) is 188 Å². The molecule has 0 saturated carbocycles. The molecular formula is C36H31Cl3NOP2Ru. The Morgan fingerprint density at radius 1 is 0.273 bits per heavy atom. The van der Waals surface area contributed by atoms with Crippen LogP contribution in [0.25, 0.3) is 0 Å². The molecule has 0 aliphatic heterocycles. The van der Waals surface area contributed by atoms with Crippen molar-refractivity contribution in [2.45, 2.75) is 0 Å². The Morgan fingerprint density at radius 3 is 0.500 bits per heavy atom. The van der Waals surface area contributed by atoms with Crippen molar-refractivity contribution in [3.63, 3.8) is 0 Å². The van der Waals surface area contributed by atoms with Crippen molar-refractivity contribution in [3.05, 3.63) is 187 Å². The van der Waals surface area contributed by atoms with Gasteiger partial charge in [-0.1, -0.05) is 188 Å². The fraction of sp³-hybridized carbons (Fsp3) is 0. The molecule has 44 heavy (non-hydrogen) atoms. The normalized spacial score (nSPS) is 9.23. The van der Waals surface area contributed by atoms with Crippen molar-refractivity contribution in [3.8, 4) is 0 Å². The Kier molecular flexibility index (Phi) is 22.2. The molecule has 0 heterocycles. The maximum absolute atomic E-state index is 7.50. The summed E-state index contributed by atoms with van der Waals surface area (Å²) in [5, 5.41) is 8.39. The molecule has 0 fully saturated rings. The molecule has 2 nitrogen and oxygen atoms in total. The zero-order chi connectivity index (χ0) is 27.8. The number of nitrogens with one attached hydrogen (secondary N) is 1. The molecule has 0 aliphatic rings. The van der Waals surface area contributed by atoms with Gasteiger partial charge in [-0.2, -0.15) is 4.91 Å². The summed E-state index contributed by atoms with van der Waals surface area (Å²) in [6, 6.07) is 64.7. The Morgan fingerprint density at radius 2 is 0.386 bits per heavy atom. The zero-order valence-corrected chi connectivity index (χ0v) is 29.4. The summed E-state index contributed by atoms with van der Waals surface area (Å²) in [5.41, 5.74) is 4.50. The predicted molar refractivity (Wildman–Crippen MR) is 176 cm³/mol. The SMILES string of the molecule is N=O.[Cl-].[Cl-].[Cl-].[Ru+3].c1ccc(P(c2ccccc2)c2ccccc2)cc1.c1ccc(P(c2ccccc2)c2ccccc2)cc1. The quantitative estimate of drug-likeness (QED) is 0.122. The molecule has 0 amide bonds. The molecule has 6 aromatic rings. The van der Waals surface area contributed by atoms with Crippen LogP contribution in [0.5, 0.6) is 0 Å². The maximum atomic E-state index is 7.50. The van der Waals surface area contributed by atoms with Gasteiger partial charge in [0.2, 0.25) is 0 Å². The fourth-order valence-electron chi connectivity index (χ4n) is 4.36. The van der Waals surface area contributed by atoms with Gasteiger partial charge >= 0.3 is 19.5 Å². The number of benzene rings is 6. The van der Waals surface area contributed by atoms with Gasteiger partial charge in [-0.25, -0.2) is 0 Å². The van der Waals surface area contributed by atoms with Gasteiger partial charge in [-0.3, -0.25) is 0 Å². The third-order valence-corrected chi connectivity index (χ3v) is 11.0. The Labute approximate surface area is 295 Å². The largest absolute Gasteiger partial charge is 3.00 e. The van der Waals surface area contributed by atoms with E-state index in [1.54, 1.807) is 0 Å². The second kappa shape index (κ2) is 23.6. The van der Waals surface area contributed by atoms with Crippen molar-refractivity contribution in [2.75, 3.05) is 0 Å². The molecule has 225 valence electrons. The molecule has 0 unspecified atom stereocenters. The van der Waals surface area contributed by atoms with Gasteiger partial charge in [-0.05, 0) is 47.7 Å². The third-order valence-electron chi connectivity index (χ3n) is 6.09. The first-order valence-electron chi connectivity index (χ1n) is 13.0. The van der Waals surface area contributed by atoms with Crippen LogP contribution in [-0.4, -0.2) is 0 Å². The van der Waals surface area contributed by atoms with Crippen LogP contribution >= 0.6 is 15.8 Å². The van der Waals surface area contributed by atoms with Crippen molar-refractivity contribution < 1.29 is 56.7 Å². The Hall–Kier alpha value is -2.73. The van der Waals surface area contributed by atoms with E-state index < -0.39 is 15.8 Å². The van der Waals surface area contributed by atoms with Crippen molar-refractivity contribution in [2.24, 2.45) is 0 Å². The fourth-order valence-corrected chi connectivity index (χ4v) is 8.97. The zero-order valence-electron chi connectivity index (χ0n) is 23.6. The van der Waals surface area contributed by atoms with Gasteiger partial charge in [-0.15, -0.1) is 0 Å². The number of halogens is 3. The molecule has 8 heteroatoms. The van der Waals surface area contributed by atoms with Crippen LogP contribution in [0.2, 0.25) is 0 Å². The number of rotatable bonds is 6. The van der Waals surface area contributed by atoms with E-state index in [1.807, 2.05) is 0 Å². The summed E-state index contributed by atoms with van der Waals surface area (Å²) in [4.78, 5) is 7.50. The Balaban J connectivity index is 0.000000733. The van der Waals surface area contributed by atoms with Gasteiger partial charge in [0, 0.05) is 0 Å². The van der Waals surface area contributed by atoms with E-state index in [1.165, 1.54) is 31.8 Å². The first kappa shape index (κ1) is 41.3. The summed E-state index contributed by atoms with van der Waals surface area (Å²) in [6.07, 6.45) is 0. The van der Waals surface area contributed by atoms with E-state index in [4.69, 9.17) is 4.91 Å². The Bertz CT molecular complexity index is 1220. The van der Waals surface area contributed by atoms with Crippen molar-refractivity contribution in [1.29, 1.82) is 5.59 Å². The first-order chi connectivity index (χ1) is 19.9. The predicted octanol–water partition coefficient (Wildman–Crippen LogP) is -1.77. The van der Waals surface area contributed by atoms with E-state index in [0.717, 1.165) is 0 Å². The van der Waals surface area contributed by atoms with Gasteiger partial charge in [0.25, 0.3) is 0 Å². The molecule has 1 N–H and O–H groups in total. The van der Waals surface area contributed by atoms with Crippen LogP contribution in [0.1, 0.15) is 0 Å². The minimum atomic E-state index is -0.446. The smallest absolute Gasteiger partial charge is 1.00 e. The molecule has 1 radical (unpaired) electrons. The molecule has 0 saturated heterocycles. The molecule has 6 aromatic carbocycles. The van der Waals surface area contributed by atoms with Crippen molar-refractivity contribution in [1.82, 2.24) is 0 Å². The monoisotopic (exact) mass is 762 g/mol. The average Bonchev–Trinajstić information content (AvgIpc) is 3.06. The van der Waals surface area contributed by atoms with Crippen LogP contribution in [0, 0.1) is 10.5 Å². The van der Waals surface area contributed by atoms with Crippen LogP contribution in [0.15, 0.2) is 182 Å². The van der Waals surface area contributed by atoms with Gasteiger partial charge in [0.15, 0.2) is 0 Å². The van der Waals surface area contributed by atoms with Gasteiger partial charge in [0.1, 0.15) is 0 Å². The summed E-state index contributed by atoms with van der Waals surface area (Å²) in [6.45, 7) is 0. The second-order valence-corrected chi connectivity index (χ2v) is 13.1. The summed E-state index contributed by atoms with van der Waals surface area (Å²) in [7, 11) is -0.892. The third kappa shape index (κ3) is 12.0. The first-order valence-corrected chi connectivity index (χ1v) is 15.7. The molecule has 0 aromatic heterocycles. The molecular weight excluding hydrogens is 732 g/mol. The average molecular weight is 763 g/mol. The van der Waals surface area contributed by atoms with Crippen LogP contribution < -0.4 is 69.0 Å². The topological polar surface area (TPSA) is 40.9 Å². The number of hydrogen-bond donors (Lipinski definition) is 1.